The highest BCUT2D eigenvalue weighted by Crippen LogP contribution is 2.23. The SMILES string of the molecule is COCc1nn(CCCc2ccccc2)c(Cl)c1CCl. The molecule has 5 heteroatoms. The van der Waals surface area contributed by atoms with Gasteiger partial charge in [0.05, 0.1) is 18.2 Å². The lowest BCUT2D eigenvalue weighted by Crippen LogP contribution is -2.02. The van der Waals surface area contributed by atoms with E-state index in [1.807, 2.05) is 10.7 Å². The fourth-order valence-electron chi connectivity index (χ4n) is 2.14. The smallest absolute Gasteiger partial charge is 0.131 e. The minimum absolute atomic E-state index is 0.357. The summed E-state index contributed by atoms with van der Waals surface area (Å²) >= 11 is 12.2. The summed E-state index contributed by atoms with van der Waals surface area (Å²) in [7, 11) is 1.64. The van der Waals surface area contributed by atoms with Crippen molar-refractivity contribution >= 4 is 23.2 Å². The van der Waals surface area contributed by atoms with E-state index in [0.29, 0.717) is 17.6 Å². The Bertz CT molecular complexity index is 540. The van der Waals surface area contributed by atoms with Gasteiger partial charge in [-0.2, -0.15) is 5.10 Å². The predicted molar refractivity (Wildman–Crippen MR) is 82.3 cm³/mol. The molecule has 0 radical (unpaired) electrons. The standard InChI is InChI=1S/C15H18Cl2N2O/c1-20-11-14-13(10-16)15(17)19(18-14)9-5-8-12-6-3-2-4-7-12/h2-4,6-7H,5,8-11H2,1H3. The molecule has 0 aliphatic carbocycles. The number of methoxy groups -OCH3 is 1. The maximum atomic E-state index is 6.31. The molecule has 0 atom stereocenters. The van der Waals surface area contributed by atoms with Crippen molar-refractivity contribution in [2.24, 2.45) is 0 Å². The van der Waals surface area contributed by atoms with Gasteiger partial charge in [-0.05, 0) is 18.4 Å². The van der Waals surface area contributed by atoms with E-state index in [-0.39, 0.29) is 0 Å². The van der Waals surface area contributed by atoms with E-state index in [1.54, 1.807) is 7.11 Å². The zero-order chi connectivity index (χ0) is 14.4. The highest BCUT2D eigenvalue weighted by molar-refractivity contribution is 6.31. The van der Waals surface area contributed by atoms with Gasteiger partial charge in [-0.15, -0.1) is 11.6 Å². The molecule has 0 N–H and O–H groups in total. The lowest BCUT2D eigenvalue weighted by molar-refractivity contribution is 0.180. The molecule has 20 heavy (non-hydrogen) atoms. The Morgan fingerprint density at radius 2 is 2.00 bits per heavy atom. The second kappa shape index (κ2) is 7.67. The summed E-state index contributed by atoms with van der Waals surface area (Å²) in [5.74, 6) is 0.357. The largest absolute Gasteiger partial charge is 0.378 e. The minimum Gasteiger partial charge on any atom is -0.378 e. The summed E-state index contributed by atoms with van der Waals surface area (Å²) in [6.07, 6.45) is 1.99. The molecule has 0 bridgehead atoms. The summed E-state index contributed by atoms with van der Waals surface area (Å²) in [5.41, 5.74) is 3.02. The van der Waals surface area contributed by atoms with E-state index in [1.165, 1.54) is 5.56 Å². The molecule has 2 rings (SSSR count). The number of hydrogen-bond acceptors (Lipinski definition) is 2. The number of hydrogen-bond donors (Lipinski definition) is 0. The quantitative estimate of drug-likeness (QED) is 0.721. The van der Waals surface area contributed by atoms with Gasteiger partial charge in [-0.3, -0.25) is 4.68 Å². The van der Waals surface area contributed by atoms with Crippen molar-refractivity contribution < 1.29 is 4.74 Å². The molecule has 0 fully saturated rings. The second-order valence-electron chi connectivity index (χ2n) is 4.59. The number of aromatic nitrogens is 2. The average Bonchev–Trinajstić information content (AvgIpc) is 2.76. The van der Waals surface area contributed by atoms with Gasteiger partial charge in [0.2, 0.25) is 0 Å². The van der Waals surface area contributed by atoms with E-state index in [4.69, 9.17) is 27.9 Å². The lowest BCUT2D eigenvalue weighted by atomic mass is 10.1. The van der Waals surface area contributed by atoms with Crippen LogP contribution >= 0.6 is 23.2 Å². The van der Waals surface area contributed by atoms with Crippen molar-refractivity contribution in [2.75, 3.05) is 7.11 Å². The van der Waals surface area contributed by atoms with Gasteiger partial charge < -0.3 is 4.74 Å². The Morgan fingerprint density at radius 3 is 2.65 bits per heavy atom. The van der Waals surface area contributed by atoms with Gasteiger partial charge in [-0.1, -0.05) is 41.9 Å². The van der Waals surface area contributed by atoms with Crippen LogP contribution in [-0.4, -0.2) is 16.9 Å². The van der Waals surface area contributed by atoms with Crippen molar-refractivity contribution in [3.05, 3.63) is 52.3 Å². The molecule has 1 heterocycles. The number of nitrogens with zero attached hydrogens (tertiary/aromatic N) is 2. The van der Waals surface area contributed by atoms with E-state index in [2.05, 4.69) is 29.4 Å². The van der Waals surface area contributed by atoms with E-state index >= 15 is 0 Å². The van der Waals surface area contributed by atoms with E-state index in [0.717, 1.165) is 30.6 Å². The first kappa shape index (κ1) is 15.4. The molecule has 0 amide bonds. The minimum atomic E-state index is 0.357. The molecule has 2 aromatic rings. The van der Waals surface area contributed by atoms with Gasteiger partial charge in [0.25, 0.3) is 0 Å². The molecular weight excluding hydrogens is 295 g/mol. The number of aryl methyl sites for hydroxylation is 2. The van der Waals surface area contributed by atoms with E-state index < -0.39 is 0 Å². The predicted octanol–water partition coefficient (Wildman–Crippen LogP) is 4.05. The summed E-state index contributed by atoms with van der Waals surface area (Å²) < 4.78 is 6.94. The fraction of sp³-hybridized carbons (Fsp3) is 0.400. The lowest BCUT2D eigenvalue weighted by Gasteiger charge is -2.04. The van der Waals surface area contributed by atoms with Crippen molar-refractivity contribution in [2.45, 2.75) is 31.9 Å². The van der Waals surface area contributed by atoms with Crippen LogP contribution in [0.4, 0.5) is 0 Å². The van der Waals surface area contributed by atoms with Gasteiger partial charge >= 0.3 is 0 Å². The summed E-state index contributed by atoms with van der Waals surface area (Å²) in [6, 6.07) is 10.4. The summed E-state index contributed by atoms with van der Waals surface area (Å²) in [5, 5.41) is 5.10. The molecule has 0 unspecified atom stereocenters. The van der Waals surface area contributed by atoms with Crippen molar-refractivity contribution in [3.63, 3.8) is 0 Å². The zero-order valence-electron chi connectivity index (χ0n) is 11.5. The van der Waals surface area contributed by atoms with Crippen LogP contribution in [-0.2, 0) is 30.2 Å². The van der Waals surface area contributed by atoms with Crippen LogP contribution in [0, 0.1) is 0 Å². The Balaban J connectivity index is 1.99. The average molecular weight is 313 g/mol. The Kier molecular flexibility index (Phi) is 5.89. The molecule has 0 spiro atoms. The van der Waals surface area contributed by atoms with Gasteiger partial charge in [0.1, 0.15) is 5.15 Å². The Hall–Kier alpha value is -1.03. The first-order valence-corrected chi connectivity index (χ1v) is 7.50. The first-order chi connectivity index (χ1) is 9.76. The molecule has 0 saturated carbocycles. The number of benzene rings is 1. The van der Waals surface area contributed by atoms with Crippen molar-refractivity contribution in [1.29, 1.82) is 0 Å². The molecule has 1 aromatic carbocycles. The van der Waals surface area contributed by atoms with Crippen LogP contribution < -0.4 is 0 Å². The molecular formula is C15H18Cl2N2O. The van der Waals surface area contributed by atoms with Crippen molar-refractivity contribution in [1.82, 2.24) is 9.78 Å². The molecule has 0 saturated heterocycles. The van der Waals surface area contributed by atoms with Crippen LogP contribution in [0.3, 0.4) is 0 Å². The fourth-order valence-corrected chi connectivity index (χ4v) is 2.78. The van der Waals surface area contributed by atoms with Crippen LogP contribution in [0.2, 0.25) is 5.15 Å². The van der Waals surface area contributed by atoms with Crippen LogP contribution in [0.15, 0.2) is 30.3 Å². The number of rotatable bonds is 7. The van der Waals surface area contributed by atoms with Gasteiger partial charge in [0.15, 0.2) is 0 Å². The highest BCUT2D eigenvalue weighted by atomic mass is 35.5. The molecule has 3 nitrogen and oxygen atoms in total. The summed E-state index contributed by atoms with van der Waals surface area (Å²) in [4.78, 5) is 0. The normalized spacial score (nSPS) is 10.9. The molecule has 0 aliphatic heterocycles. The second-order valence-corrected chi connectivity index (χ2v) is 5.22. The highest BCUT2D eigenvalue weighted by Gasteiger charge is 2.14. The van der Waals surface area contributed by atoms with Crippen LogP contribution in [0.25, 0.3) is 0 Å². The van der Waals surface area contributed by atoms with E-state index in [9.17, 15) is 0 Å². The third-order valence-electron chi connectivity index (χ3n) is 3.16. The third kappa shape index (κ3) is 3.75. The molecule has 0 aliphatic rings. The van der Waals surface area contributed by atoms with Crippen LogP contribution in [0.1, 0.15) is 23.2 Å². The monoisotopic (exact) mass is 312 g/mol. The first-order valence-electron chi connectivity index (χ1n) is 6.59. The van der Waals surface area contributed by atoms with Crippen molar-refractivity contribution in [3.8, 4) is 0 Å². The zero-order valence-corrected chi connectivity index (χ0v) is 13.0. The molecule has 108 valence electrons. The molecule has 1 aromatic heterocycles. The Labute approximate surface area is 129 Å². The maximum absolute atomic E-state index is 6.31. The number of ether oxygens (including phenoxy) is 1. The number of halogens is 2. The van der Waals surface area contributed by atoms with Gasteiger partial charge in [-0.25, -0.2) is 0 Å². The summed E-state index contributed by atoms with van der Waals surface area (Å²) in [6.45, 7) is 1.22. The van der Waals surface area contributed by atoms with Gasteiger partial charge in [0, 0.05) is 19.2 Å². The van der Waals surface area contributed by atoms with Crippen LogP contribution in [0.5, 0.6) is 0 Å². The third-order valence-corrected chi connectivity index (χ3v) is 3.85. The number of alkyl halides is 1. The topological polar surface area (TPSA) is 27.1 Å². The Morgan fingerprint density at radius 1 is 1.25 bits per heavy atom. The maximum Gasteiger partial charge on any atom is 0.131 e.